The molecular formula is C10H11BFN3OS. The van der Waals surface area contributed by atoms with Crippen LogP contribution in [0.2, 0.25) is 0 Å². The van der Waals surface area contributed by atoms with E-state index in [2.05, 4.69) is 10.4 Å². The molecule has 2 rings (SSSR count). The molecule has 0 saturated carbocycles. The van der Waals surface area contributed by atoms with Gasteiger partial charge < -0.3 is 10.3 Å². The van der Waals surface area contributed by atoms with Gasteiger partial charge in [0.1, 0.15) is 5.82 Å². The summed E-state index contributed by atoms with van der Waals surface area (Å²) in [6.45, 7) is 2.52. The minimum Gasteiger partial charge on any atom is -0.427 e. The lowest BCUT2D eigenvalue weighted by atomic mass is 9.70. The number of hydrogen-bond acceptors (Lipinski definition) is 3. The summed E-state index contributed by atoms with van der Waals surface area (Å²) in [4.78, 5) is 1.25. The molecule has 2 N–H and O–H groups in total. The van der Waals surface area contributed by atoms with Crippen molar-refractivity contribution in [3.8, 4) is 0 Å². The Morgan fingerprint density at radius 1 is 1.65 bits per heavy atom. The molecule has 7 heteroatoms. The Morgan fingerprint density at radius 3 is 3.12 bits per heavy atom. The Bertz CT molecular complexity index is 483. The normalized spacial score (nSPS) is 13.6. The van der Waals surface area contributed by atoms with Gasteiger partial charge in [0.05, 0.1) is 6.21 Å². The van der Waals surface area contributed by atoms with Gasteiger partial charge in [-0.3, -0.25) is 4.92 Å². The summed E-state index contributed by atoms with van der Waals surface area (Å²) in [7, 11) is -1.06. The quantitative estimate of drug-likeness (QED) is 0.547. The third kappa shape index (κ3) is 2.16. The number of fused-ring (bicyclic) bond motifs is 1. The van der Waals surface area contributed by atoms with Gasteiger partial charge in [-0.05, 0) is 30.7 Å². The van der Waals surface area contributed by atoms with Gasteiger partial charge in [0, 0.05) is 12.1 Å². The number of hydrogen-bond donors (Lipinski definition) is 2. The van der Waals surface area contributed by atoms with Crippen molar-refractivity contribution in [2.75, 3.05) is 6.54 Å². The first-order valence-corrected chi connectivity index (χ1v) is 5.63. The summed E-state index contributed by atoms with van der Waals surface area (Å²) in [5.74, 6) is -0.403. The molecule has 1 aromatic rings. The molecule has 0 aromatic heterocycles. The third-order valence-electron chi connectivity index (χ3n) is 2.44. The number of rotatable bonds is 1. The standard InChI is InChI=1S/C10H11BFN3OS/c1-2-13-10(17)15-11(16)8-4-3-5-9(12)7(8)6-14-15/h3-6,16H,2H2,1H3,(H,13,17). The van der Waals surface area contributed by atoms with Gasteiger partial charge in [-0.15, -0.1) is 0 Å². The lowest BCUT2D eigenvalue weighted by Gasteiger charge is -2.27. The van der Waals surface area contributed by atoms with Gasteiger partial charge in [-0.1, -0.05) is 12.1 Å². The second-order valence-electron chi connectivity index (χ2n) is 3.54. The SMILES string of the molecule is CCNC(=S)N1N=Cc2c(F)cccc2B1O. The van der Waals surface area contributed by atoms with Crippen LogP contribution in [-0.2, 0) is 0 Å². The molecule has 17 heavy (non-hydrogen) atoms. The second kappa shape index (κ2) is 4.81. The van der Waals surface area contributed by atoms with Crippen molar-refractivity contribution >= 4 is 36.1 Å². The van der Waals surface area contributed by atoms with E-state index < -0.39 is 12.9 Å². The van der Waals surface area contributed by atoms with Crippen LogP contribution in [-0.4, -0.2) is 34.9 Å². The molecule has 1 heterocycles. The van der Waals surface area contributed by atoms with Crippen LogP contribution in [0, 0.1) is 5.82 Å². The summed E-state index contributed by atoms with van der Waals surface area (Å²) in [5.41, 5.74) is 0.760. The molecule has 0 aliphatic carbocycles. The maximum Gasteiger partial charge on any atom is 0.473 e. The average Bonchev–Trinajstić information content (AvgIpc) is 2.31. The summed E-state index contributed by atoms with van der Waals surface area (Å²) < 4.78 is 13.5. The van der Waals surface area contributed by atoms with E-state index in [0.717, 1.165) is 0 Å². The largest absolute Gasteiger partial charge is 0.473 e. The molecule has 0 radical (unpaired) electrons. The number of halogens is 1. The molecule has 1 aromatic carbocycles. The fourth-order valence-corrected chi connectivity index (χ4v) is 1.92. The topological polar surface area (TPSA) is 47.9 Å². The molecule has 0 spiro atoms. The van der Waals surface area contributed by atoms with Gasteiger partial charge in [-0.2, -0.15) is 5.10 Å². The first-order valence-electron chi connectivity index (χ1n) is 5.22. The molecule has 0 saturated heterocycles. The van der Waals surface area contributed by atoms with Crippen LogP contribution in [0.5, 0.6) is 0 Å². The monoisotopic (exact) mass is 251 g/mol. The Kier molecular flexibility index (Phi) is 3.39. The zero-order valence-electron chi connectivity index (χ0n) is 9.22. The summed E-state index contributed by atoms with van der Waals surface area (Å²) >= 11 is 5.06. The van der Waals surface area contributed by atoms with Crippen molar-refractivity contribution in [1.29, 1.82) is 0 Å². The van der Waals surface area contributed by atoms with Crippen molar-refractivity contribution < 1.29 is 9.41 Å². The molecule has 0 atom stereocenters. The highest BCUT2D eigenvalue weighted by molar-refractivity contribution is 7.80. The number of hydrazone groups is 1. The predicted octanol–water partition coefficient (Wildman–Crippen LogP) is 0.0571. The maximum absolute atomic E-state index is 13.5. The maximum atomic E-state index is 13.5. The van der Waals surface area contributed by atoms with E-state index in [4.69, 9.17) is 12.2 Å². The lowest BCUT2D eigenvalue weighted by Crippen LogP contribution is -2.55. The Balaban J connectivity index is 2.34. The number of benzene rings is 1. The van der Waals surface area contributed by atoms with Crippen molar-refractivity contribution in [3.05, 3.63) is 29.6 Å². The van der Waals surface area contributed by atoms with E-state index in [-0.39, 0.29) is 0 Å². The zero-order chi connectivity index (χ0) is 12.4. The number of nitrogens with zero attached hydrogens (tertiary/aromatic N) is 2. The van der Waals surface area contributed by atoms with Crippen molar-refractivity contribution in [2.24, 2.45) is 5.10 Å². The second-order valence-corrected chi connectivity index (χ2v) is 3.93. The van der Waals surface area contributed by atoms with E-state index in [1.54, 1.807) is 12.1 Å². The van der Waals surface area contributed by atoms with E-state index in [1.165, 1.54) is 17.2 Å². The van der Waals surface area contributed by atoms with E-state index >= 15 is 0 Å². The van der Waals surface area contributed by atoms with Gasteiger partial charge in [0.2, 0.25) is 0 Å². The number of thiocarbonyl (C=S) groups is 1. The first kappa shape index (κ1) is 12.0. The molecule has 0 unspecified atom stereocenters. The van der Waals surface area contributed by atoms with Crippen LogP contribution in [0.15, 0.2) is 23.3 Å². The van der Waals surface area contributed by atoms with Crippen molar-refractivity contribution in [2.45, 2.75) is 6.92 Å². The number of nitrogens with one attached hydrogen (secondary N) is 1. The van der Waals surface area contributed by atoms with Gasteiger partial charge in [-0.25, -0.2) is 4.39 Å². The highest BCUT2D eigenvalue weighted by Crippen LogP contribution is 2.09. The van der Waals surface area contributed by atoms with Crippen LogP contribution in [0.25, 0.3) is 0 Å². The fourth-order valence-electron chi connectivity index (χ4n) is 1.63. The van der Waals surface area contributed by atoms with E-state index in [0.29, 0.717) is 22.7 Å². The van der Waals surface area contributed by atoms with Gasteiger partial charge in [0.25, 0.3) is 0 Å². The van der Waals surface area contributed by atoms with Gasteiger partial charge >= 0.3 is 7.05 Å². The highest BCUT2D eigenvalue weighted by Gasteiger charge is 2.32. The fraction of sp³-hybridized carbons (Fsp3) is 0.200. The van der Waals surface area contributed by atoms with Crippen LogP contribution >= 0.6 is 12.2 Å². The van der Waals surface area contributed by atoms with Crippen LogP contribution in [0.1, 0.15) is 12.5 Å². The molecule has 4 nitrogen and oxygen atoms in total. The molecular weight excluding hydrogens is 240 g/mol. The predicted molar refractivity (Wildman–Crippen MR) is 69.7 cm³/mol. The van der Waals surface area contributed by atoms with Gasteiger partial charge in [0.15, 0.2) is 5.11 Å². The molecule has 1 aliphatic heterocycles. The Hall–Kier alpha value is -1.47. The lowest BCUT2D eigenvalue weighted by molar-refractivity contribution is 0.487. The van der Waals surface area contributed by atoms with Crippen LogP contribution in [0.3, 0.4) is 0 Å². The molecule has 0 fully saturated rings. The van der Waals surface area contributed by atoms with E-state index in [9.17, 15) is 9.41 Å². The Morgan fingerprint density at radius 2 is 2.41 bits per heavy atom. The zero-order valence-corrected chi connectivity index (χ0v) is 10.0. The minimum absolute atomic E-state index is 0.301. The average molecular weight is 251 g/mol. The van der Waals surface area contributed by atoms with Crippen LogP contribution < -0.4 is 10.8 Å². The third-order valence-corrected chi connectivity index (χ3v) is 2.78. The summed E-state index contributed by atoms with van der Waals surface area (Å²) in [6, 6.07) is 4.52. The van der Waals surface area contributed by atoms with Crippen molar-refractivity contribution in [1.82, 2.24) is 10.2 Å². The molecule has 0 bridgehead atoms. The summed E-state index contributed by atoms with van der Waals surface area (Å²) in [5, 5.41) is 17.2. The smallest absolute Gasteiger partial charge is 0.427 e. The molecule has 88 valence electrons. The van der Waals surface area contributed by atoms with Crippen molar-refractivity contribution in [3.63, 3.8) is 0 Å². The van der Waals surface area contributed by atoms with E-state index in [1.807, 2.05) is 6.92 Å². The first-order chi connectivity index (χ1) is 8.15. The minimum atomic E-state index is -1.06. The summed E-state index contributed by atoms with van der Waals surface area (Å²) in [6.07, 6.45) is 1.36. The highest BCUT2D eigenvalue weighted by atomic mass is 32.1. The Labute approximate surface area is 104 Å². The molecule has 1 aliphatic rings. The van der Waals surface area contributed by atoms with Crippen LogP contribution in [0.4, 0.5) is 4.39 Å². The molecule has 0 amide bonds.